The first-order valence-corrected chi connectivity index (χ1v) is 7.72. The minimum Gasteiger partial charge on any atom is -0.394 e. The van der Waals surface area contributed by atoms with Gasteiger partial charge in [0.25, 0.3) is 0 Å². The molecule has 2 amide bonds. The summed E-state index contributed by atoms with van der Waals surface area (Å²) < 4.78 is 0. The summed E-state index contributed by atoms with van der Waals surface area (Å²) in [5, 5.41) is 12.9. The molecule has 0 aromatic rings. The van der Waals surface area contributed by atoms with E-state index in [0.717, 1.165) is 38.8 Å². The van der Waals surface area contributed by atoms with E-state index in [0.29, 0.717) is 11.8 Å². The largest absolute Gasteiger partial charge is 0.394 e. The van der Waals surface area contributed by atoms with Crippen LogP contribution < -0.4 is 5.32 Å². The lowest BCUT2D eigenvalue weighted by molar-refractivity contribution is 0.0919. The number of aliphatic hydroxyl groups excluding tert-OH is 1. The highest BCUT2D eigenvalue weighted by molar-refractivity contribution is 5.75. The zero-order chi connectivity index (χ0) is 13.9. The minimum absolute atomic E-state index is 0.0229. The second kappa shape index (κ2) is 6.12. The minimum atomic E-state index is -0.380. The molecule has 4 nitrogen and oxygen atoms in total. The molecule has 110 valence electrons. The van der Waals surface area contributed by atoms with Gasteiger partial charge in [0, 0.05) is 13.1 Å². The van der Waals surface area contributed by atoms with Crippen molar-refractivity contribution in [3.05, 3.63) is 0 Å². The van der Waals surface area contributed by atoms with Crippen LogP contribution in [0, 0.1) is 11.8 Å². The third-order valence-electron chi connectivity index (χ3n) is 4.71. The van der Waals surface area contributed by atoms with Gasteiger partial charge in [0.2, 0.25) is 0 Å². The lowest BCUT2D eigenvalue weighted by atomic mass is 9.77. The number of piperidine rings is 1. The molecule has 0 bridgehead atoms. The van der Waals surface area contributed by atoms with Gasteiger partial charge in [-0.1, -0.05) is 26.7 Å². The molecular weight excluding hydrogens is 240 g/mol. The van der Waals surface area contributed by atoms with E-state index in [-0.39, 0.29) is 18.2 Å². The number of rotatable bonds is 2. The van der Waals surface area contributed by atoms with E-state index in [1.165, 1.54) is 12.8 Å². The van der Waals surface area contributed by atoms with Crippen LogP contribution in [0.25, 0.3) is 0 Å². The molecule has 3 atom stereocenters. The molecule has 1 heterocycles. The topological polar surface area (TPSA) is 52.6 Å². The molecule has 2 aliphatic rings. The first-order chi connectivity index (χ1) is 9.04. The Morgan fingerprint density at radius 3 is 2.68 bits per heavy atom. The summed E-state index contributed by atoms with van der Waals surface area (Å²) in [5.41, 5.74) is -0.380. The fraction of sp³-hybridized carbons (Fsp3) is 0.933. The van der Waals surface area contributed by atoms with Crippen molar-refractivity contribution in [1.82, 2.24) is 10.2 Å². The standard InChI is InChI=1S/C15H28N2O2/c1-12-5-3-7-15(9-12,11-18)16-14(19)17-8-4-6-13(2)10-17/h12-13,18H,3-11H2,1-2H3,(H,16,19). The third-order valence-corrected chi connectivity index (χ3v) is 4.71. The van der Waals surface area contributed by atoms with Crippen molar-refractivity contribution in [2.24, 2.45) is 11.8 Å². The van der Waals surface area contributed by atoms with Crippen LogP contribution in [-0.2, 0) is 0 Å². The van der Waals surface area contributed by atoms with Gasteiger partial charge in [-0.3, -0.25) is 0 Å². The van der Waals surface area contributed by atoms with E-state index in [1.807, 2.05) is 4.90 Å². The van der Waals surface area contributed by atoms with Crippen molar-refractivity contribution in [3.63, 3.8) is 0 Å². The smallest absolute Gasteiger partial charge is 0.317 e. The Bertz CT molecular complexity index is 321. The van der Waals surface area contributed by atoms with Crippen molar-refractivity contribution in [3.8, 4) is 0 Å². The molecule has 0 aromatic heterocycles. The number of nitrogens with one attached hydrogen (secondary N) is 1. The van der Waals surface area contributed by atoms with Crippen molar-refractivity contribution in [2.75, 3.05) is 19.7 Å². The number of likely N-dealkylation sites (tertiary alicyclic amines) is 1. The Balaban J connectivity index is 1.95. The summed E-state index contributed by atoms with van der Waals surface area (Å²) in [6.45, 7) is 6.17. The van der Waals surface area contributed by atoms with Gasteiger partial charge in [-0.2, -0.15) is 0 Å². The molecule has 3 unspecified atom stereocenters. The molecule has 0 aromatic carbocycles. The summed E-state index contributed by atoms with van der Waals surface area (Å²) in [4.78, 5) is 14.3. The number of aliphatic hydroxyl groups is 1. The highest BCUT2D eigenvalue weighted by atomic mass is 16.3. The molecule has 19 heavy (non-hydrogen) atoms. The highest BCUT2D eigenvalue weighted by Crippen LogP contribution is 2.32. The normalized spacial score (nSPS) is 36.1. The fourth-order valence-corrected chi connectivity index (χ4v) is 3.64. The Labute approximate surface area is 116 Å². The number of amides is 2. The van der Waals surface area contributed by atoms with E-state index in [1.54, 1.807) is 0 Å². The predicted octanol–water partition coefficient (Wildman–Crippen LogP) is 2.37. The van der Waals surface area contributed by atoms with Gasteiger partial charge in [-0.15, -0.1) is 0 Å². The summed E-state index contributed by atoms with van der Waals surface area (Å²) in [7, 11) is 0. The lowest BCUT2D eigenvalue weighted by Crippen LogP contribution is -2.58. The predicted molar refractivity (Wildman–Crippen MR) is 76.0 cm³/mol. The lowest BCUT2D eigenvalue weighted by Gasteiger charge is -2.41. The van der Waals surface area contributed by atoms with Crippen LogP contribution in [0.1, 0.15) is 52.4 Å². The van der Waals surface area contributed by atoms with Gasteiger partial charge in [0.1, 0.15) is 0 Å². The van der Waals surface area contributed by atoms with Crippen molar-refractivity contribution in [2.45, 2.75) is 57.9 Å². The summed E-state index contributed by atoms with van der Waals surface area (Å²) >= 11 is 0. The number of carbonyl (C=O) groups excluding carboxylic acids is 1. The second-order valence-corrected chi connectivity index (χ2v) is 6.76. The summed E-state index contributed by atoms with van der Waals surface area (Å²) in [6, 6.07) is 0.0229. The van der Waals surface area contributed by atoms with E-state index >= 15 is 0 Å². The Morgan fingerprint density at radius 2 is 2.05 bits per heavy atom. The van der Waals surface area contributed by atoms with Gasteiger partial charge in [-0.05, 0) is 37.5 Å². The number of hydrogen-bond donors (Lipinski definition) is 2. The zero-order valence-electron chi connectivity index (χ0n) is 12.3. The average Bonchev–Trinajstić information content (AvgIpc) is 2.38. The van der Waals surface area contributed by atoms with E-state index in [9.17, 15) is 9.90 Å². The Kier molecular flexibility index (Phi) is 4.71. The Morgan fingerprint density at radius 1 is 1.32 bits per heavy atom. The third kappa shape index (κ3) is 3.62. The number of hydrogen-bond acceptors (Lipinski definition) is 2. The van der Waals surface area contributed by atoms with E-state index in [4.69, 9.17) is 0 Å². The average molecular weight is 268 g/mol. The van der Waals surface area contributed by atoms with Gasteiger partial charge in [-0.25, -0.2) is 4.79 Å². The first kappa shape index (κ1) is 14.6. The number of nitrogens with zero attached hydrogens (tertiary/aromatic N) is 1. The molecule has 2 N–H and O–H groups in total. The van der Waals surface area contributed by atoms with Crippen molar-refractivity contribution in [1.29, 1.82) is 0 Å². The van der Waals surface area contributed by atoms with Crippen LogP contribution in [0.5, 0.6) is 0 Å². The summed E-state index contributed by atoms with van der Waals surface area (Å²) in [6.07, 6.45) is 6.42. The van der Waals surface area contributed by atoms with Gasteiger partial charge >= 0.3 is 6.03 Å². The maximum atomic E-state index is 12.4. The van der Waals surface area contributed by atoms with Gasteiger partial charge in [0.15, 0.2) is 0 Å². The fourth-order valence-electron chi connectivity index (χ4n) is 3.64. The van der Waals surface area contributed by atoms with Crippen LogP contribution in [0.4, 0.5) is 4.79 Å². The SMILES string of the molecule is CC1CCCN(C(=O)NC2(CO)CCCC(C)C2)C1. The molecule has 0 spiro atoms. The quantitative estimate of drug-likeness (QED) is 0.808. The molecule has 2 fully saturated rings. The second-order valence-electron chi connectivity index (χ2n) is 6.76. The zero-order valence-corrected chi connectivity index (χ0v) is 12.3. The van der Waals surface area contributed by atoms with Gasteiger partial charge in [0.05, 0.1) is 12.1 Å². The first-order valence-electron chi connectivity index (χ1n) is 7.72. The molecule has 1 aliphatic heterocycles. The Hall–Kier alpha value is -0.770. The van der Waals surface area contributed by atoms with Crippen LogP contribution in [-0.4, -0.2) is 41.3 Å². The maximum Gasteiger partial charge on any atom is 0.317 e. The number of carbonyl (C=O) groups is 1. The molecule has 1 saturated heterocycles. The molecule has 1 aliphatic carbocycles. The van der Waals surface area contributed by atoms with Crippen LogP contribution >= 0.6 is 0 Å². The molecule has 0 radical (unpaired) electrons. The van der Waals surface area contributed by atoms with Crippen LogP contribution in [0.3, 0.4) is 0 Å². The van der Waals surface area contributed by atoms with E-state index in [2.05, 4.69) is 19.2 Å². The van der Waals surface area contributed by atoms with Crippen molar-refractivity contribution < 1.29 is 9.90 Å². The maximum absolute atomic E-state index is 12.4. The van der Waals surface area contributed by atoms with Crippen molar-refractivity contribution >= 4 is 6.03 Å². The van der Waals surface area contributed by atoms with E-state index < -0.39 is 0 Å². The van der Waals surface area contributed by atoms with Crippen LogP contribution in [0.15, 0.2) is 0 Å². The monoisotopic (exact) mass is 268 g/mol. The molecular formula is C15H28N2O2. The number of urea groups is 1. The summed E-state index contributed by atoms with van der Waals surface area (Å²) in [5.74, 6) is 1.18. The van der Waals surface area contributed by atoms with Crippen LogP contribution in [0.2, 0.25) is 0 Å². The molecule has 4 heteroatoms. The highest BCUT2D eigenvalue weighted by Gasteiger charge is 2.37. The molecule has 1 saturated carbocycles. The van der Waals surface area contributed by atoms with Gasteiger partial charge < -0.3 is 15.3 Å². The molecule has 2 rings (SSSR count).